The second kappa shape index (κ2) is 10.6. The predicted molar refractivity (Wildman–Crippen MR) is 119 cm³/mol. The number of halogens is 2. The SMILES string of the molecule is CN=C(NCCc1ncc(C)s1)NCc1nc(-c2cccc(Cl)c2)no1.I. The molecule has 27 heavy (non-hydrogen) atoms. The van der Waals surface area contributed by atoms with E-state index in [-0.39, 0.29) is 24.0 Å². The minimum Gasteiger partial charge on any atom is -0.356 e. The third-order valence-corrected chi connectivity index (χ3v) is 4.69. The highest BCUT2D eigenvalue weighted by molar-refractivity contribution is 14.0. The molecule has 0 atom stereocenters. The number of hydrogen-bond donors (Lipinski definition) is 2. The number of thiazole rings is 1. The van der Waals surface area contributed by atoms with Crippen molar-refractivity contribution in [3.8, 4) is 11.4 Å². The fourth-order valence-electron chi connectivity index (χ4n) is 2.26. The normalized spacial score (nSPS) is 11.1. The van der Waals surface area contributed by atoms with Crippen LogP contribution in [0.3, 0.4) is 0 Å². The second-order valence-corrected chi connectivity index (χ2v) is 7.25. The van der Waals surface area contributed by atoms with E-state index in [0.717, 1.165) is 23.5 Å². The van der Waals surface area contributed by atoms with Crippen molar-refractivity contribution in [3.63, 3.8) is 0 Å². The van der Waals surface area contributed by atoms with E-state index in [0.29, 0.717) is 29.2 Å². The van der Waals surface area contributed by atoms with Gasteiger partial charge in [-0.3, -0.25) is 4.99 Å². The lowest BCUT2D eigenvalue weighted by atomic mass is 10.2. The lowest BCUT2D eigenvalue weighted by molar-refractivity contribution is 0.375. The van der Waals surface area contributed by atoms with Crippen LogP contribution >= 0.6 is 46.9 Å². The maximum Gasteiger partial charge on any atom is 0.246 e. The van der Waals surface area contributed by atoms with Crippen molar-refractivity contribution >= 4 is 52.9 Å². The summed E-state index contributed by atoms with van der Waals surface area (Å²) in [6.45, 7) is 3.17. The van der Waals surface area contributed by atoms with Gasteiger partial charge in [-0.2, -0.15) is 4.98 Å². The number of aromatic nitrogens is 3. The topological polar surface area (TPSA) is 88.2 Å². The Balaban J connectivity index is 0.00000261. The Labute approximate surface area is 183 Å². The summed E-state index contributed by atoms with van der Waals surface area (Å²) in [5.74, 6) is 1.64. The summed E-state index contributed by atoms with van der Waals surface area (Å²) in [5.41, 5.74) is 0.814. The highest BCUT2D eigenvalue weighted by Gasteiger charge is 2.09. The first kappa shape index (κ1) is 21.6. The Morgan fingerprint density at radius 3 is 2.89 bits per heavy atom. The molecule has 0 saturated heterocycles. The van der Waals surface area contributed by atoms with E-state index in [1.54, 1.807) is 30.5 Å². The van der Waals surface area contributed by atoms with E-state index in [1.165, 1.54) is 4.88 Å². The molecule has 0 saturated carbocycles. The molecule has 2 N–H and O–H groups in total. The smallest absolute Gasteiger partial charge is 0.246 e. The molecule has 0 aliphatic heterocycles. The first-order valence-electron chi connectivity index (χ1n) is 8.08. The summed E-state index contributed by atoms with van der Waals surface area (Å²) in [7, 11) is 1.72. The molecule has 0 bridgehead atoms. The molecule has 0 fully saturated rings. The summed E-state index contributed by atoms with van der Waals surface area (Å²) < 4.78 is 5.27. The van der Waals surface area contributed by atoms with Crippen LogP contribution in [0.4, 0.5) is 0 Å². The third-order valence-electron chi connectivity index (χ3n) is 3.48. The van der Waals surface area contributed by atoms with Crippen LogP contribution in [0, 0.1) is 6.92 Å². The van der Waals surface area contributed by atoms with Gasteiger partial charge in [0, 0.05) is 41.7 Å². The van der Waals surface area contributed by atoms with E-state index in [9.17, 15) is 0 Å². The van der Waals surface area contributed by atoms with Crippen LogP contribution in [0.25, 0.3) is 11.4 Å². The maximum absolute atomic E-state index is 5.99. The molecule has 0 amide bonds. The largest absolute Gasteiger partial charge is 0.356 e. The van der Waals surface area contributed by atoms with E-state index >= 15 is 0 Å². The summed E-state index contributed by atoms with van der Waals surface area (Å²) in [6, 6.07) is 7.33. The number of rotatable bonds is 6. The average Bonchev–Trinajstić information content (AvgIpc) is 3.27. The monoisotopic (exact) mass is 518 g/mol. The Kier molecular flexibility index (Phi) is 8.45. The van der Waals surface area contributed by atoms with Crippen molar-refractivity contribution in [1.82, 2.24) is 25.8 Å². The predicted octanol–water partition coefficient (Wildman–Crippen LogP) is 3.68. The van der Waals surface area contributed by atoms with Gasteiger partial charge in [-0.25, -0.2) is 4.98 Å². The molecule has 144 valence electrons. The minimum absolute atomic E-state index is 0. The average molecular weight is 519 g/mol. The molecule has 2 aromatic heterocycles. The number of benzene rings is 1. The van der Waals surface area contributed by atoms with Crippen LogP contribution in [0.5, 0.6) is 0 Å². The number of aryl methyl sites for hydroxylation is 1. The number of nitrogens with zero attached hydrogens (tertiary/aromatic N) is 4. The fraction of sp³-hybridized carbons (Fsp3) is 0.294. The van der Waals surface area contributed by atoms with Crippen molar-refractivity contribution in [2.45, 2.75) is 19.9 Å². The van der Waals surface area contributed by atoms with Crippen molar-refractivity contribution in [1.29, 1.82) is 0 Å². The Morgan fingerprint density at radius 2 is 2.19 bits per heavy atom. The van der Waals surface area contributed by atoms with E-state index in [1.807, 2.05) is 18.3 Å². The van der Waals surface area contributed by atoms with Crippen LogP contribution in [-0.2, 0) is 13.0 Å². The molecule has 0 radical (unpaired) electrons. The second-order valence-electron chi connectivity index (χ2n) is 5.49. The van der Waals surface area contributed by atoms with Gasteiger partial charge in [0.15, 0.2) is 5.96 Å². The number of nitrogens with one attached hydrogen (secondary N) is 2. The molecule has 0 aliphatic rings. The Hall–Kier alpha value is -1.72. The molecule has 3 aromatic rings. The lowest BCUT2D eigenvalue weighted by Gasteiger charge is -2.09. The van der Waals surface area contributed by atoms with Gasteiger partial charge in [-0.15, -0.1) is 35.3 Å². The zero-order valence-corrected chi connectivity index (χ0v) is 18.8. The molecular weight excluding hydrogens is 499 g/mol. The van der Waals surface area contributed by atoms with Gasteiger partial charge < -0.3 is 15.2 Å². The summed E-state index contributed by atoms with van der Waals surface area (Å²) >= 11 is 7.70. The van der Waals surface area contributed by atoms with Gasteiger partial charge in [-0.05, 0) is 19.1 Å². The van der Waals surface area contributed by atoms with Gasteiger partial charge in [-0.1, -0.05) is 28.9 Å². The van der Waals surface area contributed by atoms with E-state index in [4.69, 9.17) is 16.1 Å². The Bertz CT molecular complexity index is 897. The van der Waals surface area contributed by atoms with Crippen molar-refractivity contribution in [3.05, 3.63) is 51.3 Å². The zero-order valence-electron chi connectivity index (χ0n) is 14.9. The van der Waals surface area contributed by atoms with Crippen LogP contribution < -0.4 is 10.6 Å². The van der Waals surface area contributed by atoms with Crippen molar-refractivity contribution in [2.24, 2.45) is 4.99 Å². The van der Waals surface area contributed by atoms with Gasteiger partial charge >= 0.3 is 0 Å². The molecule has 2 heterocycles. The fourth-order valence-corrected chi connectivity index (χ4v) is 3.23. The third kappa shape index (κ3) is 6.43. The quantitative estimate of drug-likeness (QED) is 0.294. The lowest BCUT2D eigenvalue weighted by Crippen LogP contribution is -2.37. The van der Waals surface area contributed by atoms with Crippen molar-refractivity contribution in [2.75, 3.05) is 13.6 Å². The maximum atomic E-state index is 5.99. The van der Waals surface area contributed by atoms with Gasteiger partial charge in [0.05, 0.1) is 11.6 Å². The van der Waals surface area contributed by atoms with Crippen LogP contribution in [-0.4, -0.2) is 34.7 Å². The Morgan fingerprint density at radius 1 is 1.33 bits per heavy atom. The highest BCUT2D eigenvalue weighted by atomic mass is 127. The molecule has 0 aliphatic carbocycles. The van der Waals surface area contributed by atoms with Gasteiger partial charge in [0.1, 0.15) is 0 Å². The minimum atomic E-state index is 0. The van der Waals surface area contributed by atoms with Crippen LogP contribution in [0.2, 0.25) is 5.02 Å². The number of hydrogen-bond acceptors (Lipinski definition) is 6. The molecule has 7 nitrogen and oxygen atoms in total. The highest BCUT2D eigenvalue weighted by Crippen LogP contribution is 2.19. The van der Waals surface area contributed by atoms with Gasteiger partial charge in [0.2, 0.25) is 11.7 Å². The van der Waals surface area contributed by atoms with E-state index in [2.05, 4.69) is 37.7 Å². The van der Waals surface area contributed by atoms with Gasteiger partial charge in [0.25, 0.3) is 0 Å². The first-order valence-corrected chi connectivity index (χ1v) is 9.28. The molecule has 0 unspecified atom stereocenters. The van der Waals surface area contributed by atoms with E-state index < -0.39 is 0 Å². The molecule has 10 heteroatoms. The number of guanidine groups is 1. The van der Waals surface area contributed by atoms with Crippen molar-refractivity contribution < 1.29 is 4.52 Å². The summed E-state index contributed by atoms with van der Waals surface area (Å²) in [6.07, 6.45) is 2.73. The van der Waals surface area contributed by atoms with Crippen LogP contribution in [0.15, 0.2) is 40.0 Å². The molecule has 3 rings (SSSR count). The number of aliphatic imine (C=N–C) groups is 1. The summed E-state index contributed by atoms with van der Waals surface area (Å²) in [4.78, 5) is 14.1. The van der Waals surface area contributed by atoms with Crippen LogP contribution in [0.1, 0.15) is 15.8 Å². The molecular formula is C17H20ClIN6OS. The standard InChI is InChI=1S/C17H19ClN6OS.HI/c1-11-9-21-15(26-11)6-7-20-17(19-2)22-10-14-23-16(24-25-14)12-4-3-5-13(18)8-12;/h3-5,8-9H,6-7,10H2,1-2H3,(H2,19,20,22);1H. The summed E-state index contributed by atoms with van der Waals surface area (Å²) in [5, 5.41) is 12.1. The zero-order chi connectivity index (χ0) is 18.4. The first-order chi connectivity index (χ1) is 12.6. The molecule has 1 aromatic carbocycles. The molecule has 0 spiro atoms.